The molecule has 8 heteroatoms. The van der Waals surface area contributed by atoms with Crippen LogP contribution in [0.1, 0.15) is 49.1 Å². The van der Waals surface area contributed by atoms with E-state index in [2.05, 4.69) is 41.2 Å². The summed E-state index contributed by atoms with van der Waals surface area (Å²) in [5, 5.41) is 13.5. The zero-order valence-corrected chi connectivity index (χ0v) is 21.9. The predicted octanol–water partition coefficient (Wildman–Crippen LogP) is 4.23. The molecule has 1 aliphatic carbocycles. The maximum absolute atomic E-state index is 12.6. The van der Waals surface area contributed by atoms with Gasteiger partial charge in [-0.25, -0.2) is 0 Å². The Morgan fingerprint density at radius 2 is 2.00 bits per heavy atom. The van der Waals surface area contributed by atoms with Gasteiger partial charge in [0.25, 0.3) is 0 Å². The number of carbonyl (C=O) groups is 2. The predicted molar refractivity (Wildman–Crippen MR) is 143 cm³/mol. The zero-order chi connectivity index (χ0) is 25.5. The number of fused-ring (bicyclic) bond motifs is 3. The van der Waals surface area contributed by atoms with Crippen molar-refractivity contribution in [3.05, 3.63) is 46.5 Å². The number of amides is 2. The third-order valence-corrected chi connectivity index (χ3v) is 9.62. The van der Waals surface area contributed by atoms with Gasteiger partial charge in [0.05, 0.1) is 40.2 Å². The van der Waals surface area contributed by atoms with Crippen molar-refractivity contribution < 1.29 is 9.59 Å². The number of rotatable bonds is 4. The van der Waals surface area contributed by atoms with Gasteiger partial charge in [-0.3, -0.25) is 19.5 Å². The maximum atomic E-state index is 12.6. The number of aryl methyl sites for hydroxylation is 1. The van der Waals surface area contributed by atoms with Crippen molar-refractivity contribution >= 4 is 39.1 Å². The second-order valence-electron chi connectivity index (χ2n) is 11.6. The molecule has 3 fully saturated rings. The van der Waals surface area contributed by atoms with Gasteiger partial charge in [0.15, 0.2) is 0 Å². The van der Waals surface area contributed by atoms with Gasteiger partial charge in [0.2, 0.25) is 11.8 Å². The quantitative estimate of drug-likeness (QED) is 0.528. The molecule has 7 rings (SSSR count). The van der Waals surface area contributed by atoms with Crippen molar-refractivity contribution in [2.75, 3.05) is 18.0 Å². The number of benzene rings is 1. The number of aromatic nitrogens is 1. The van der Waals surface area contributed by atoms with E-state index in [9.17, 15) is 14.9 Å². The van der Waals surface area contributed by atoms with Crippen LogP contribution in [-0.2, 0) is 22.6 Å². The van der Waals surface area contributed by atoms with E-state index >= 15 is 0 Å². The van der Waals surface area contributed by atoms with E-state index in [1.807, 2.05) is 24.4 Å². The van der Waals surface area contributed by atoms with Crippen LogP contribution in [-0.4, -0.2) is 46.4 Å². The average molecular weight is 512 g/mol. The Morgan fingerprint density at radius 1 is 1.19 bits per heavy atom. The maximum Gasteiger partial charge on any atom is 0.233 e. The smallest absolute Gasteiger partial charge is 0.233 e. The summed E-state index contributed by atoms with van der Waals surface area (Å²) in [6.07, 6.45) is 5.65. The van der Waals surface area contributed by atoms with E-state index in [1.54, 1.807) is 11.3 Å². The molecule has 2 saturated heterocycles. The lowest BCUT2D eigenvalue weighted by Crippen LogP contribution is -2.40. The van der Waals surface area contributed by atoms with E-state index in [0.717, 1.165) is 65.0 Å². The van der Waals surface area contributed by atoms with E-state index in [0.29, 0.717) is 18.2 Å². The van der Waals surface area contributed by atoms with Gasteiger partial charge in [-0.15, -0.1) is 11.3 Å². The third kappa shape index (κ3) is 3.67. The highest BCUT2D eigenvalue weighted by molar-refractivity contribution is 7.19. The Bertz CT molecular complexity index is 1500. The number of nitriles is 1. The Kier molecular flexibility index (Phi) is 5.01. The first kappa shape index (κ1) is 22.9. The molecule has 1 saturated carbocycles. The number of hydrogen-bond acceptors (Lipinski definition) is 7. The van der Waals surface area contributed by atoms with Crippen LogP contribution in [0.3, 0.4) is 0 Å². The molecule has 37 heavy (non-hydrogen) atoms. The molecular formula is C29H29N5O2S. The van der Waals surface area contributed by atoms with E-state index in [1.165, 1.54) is 16.2 Å². The van der Waals surface area contributed by atoms with E-state index in [4.69, 9.17) is 0 Å². The highest BCUT2D eigenvalue weighted by Crippen LogP contribution is 2.48. The summed E-state index contributed by atoms with van der Waals surface area (Å²) in [7, 11) is 0. The molecule has 3 aromatic rings. The Morgan fingerprint density at radius 3 is 2.73 bits per heavy atom. The number of pyridine rings is 1. The van der Waals surface area contributed by atoms with Gasteiger partial charge in [0.1, 0.15) is 0 Å². The van der Waals surface area contributed by atoms with Crippen molar-refractivity contribution in [2.24, 2.45) is 11.8 Å². The van der Waals surface area contributed by atoms with Gasteiger partial charge in [0, 0.05) is 52.6 Å². The number of thiophene rings is 1. The molecule has 188 valence electrons. The number of carbonyl (C=O) groups excluding carboxylic acids is 2. The Labute approximate surface area is 220 Å². The first-order valence-electron chi connectivity index (χ1n) is 13.1. The number of likely N-dealkylation sites (tertiary alicyclic amines) is 1. The number of nitrogens with zero attached hydrogens (tertiary/aromatic N) is 4. The van der Waals surface area contributed by atoms with Crippen LogP contribution >= 0.6 is 11.3 Å². The van der Waals surface area contributed by atoms with Crippen molar-refractivity contribution in [1.29, 1.82) is 5.26 Å². The van der Waals surface area contributed by atoms with Crippen LogP contribution < -0.4 is 10.2 Å². The molecule has 2 amide bonds. The fraction of sp³-hybridized carbons (Fsp3) is 0.448. The molecule has 4 aliphatic rings. The molecule has 3 atom stereocenters. The first-order chi connectivity index (χ1) is 17.8. The standard InChI is InChI=1S/C29H29N5O2S/c1-29(2)12-18(14-32-29)33-7-3-4-17-8-16(13-30)9-21(25(17)33)20-5-6-31-24-10-19(37-26(20)24)15-34-27(35)22-11-23(22)28(34)36/h5-6,8-10,18,22-23,32H,3-4,7,11-12,14-15H2,1-2H3. The highest BCUT2D eigenvalue weighted by Gasteiger charge is 2.58. The van der Waals surface area contributed by atoms with Crippen LogP contribution in [0.25, 0.3) is 21.3 Å². The number of piperidine rings is 1. The SMILES string of the molecule is CC1(C)CC(N2CCCc3cc(C#N)cc(-c4ccnc5cc(CN6C(=O)C7CC7C6=O)sc45)c32)CN1. The molecule has 5 heterocycles. The van der Waals surface area contributed by atoms with Gasteiger partial charge in [-0.2, -0.15) is 5.26 Å². The van der Waals surface area contributed by atoms with Crippen molar-refractivity contribution in [1.82, 2.24) is 15.2 Å². The van der Waals surface area contributed by atoms with Crippen LogP contribution in [0, 0.1) is 23.2 Å². The van der Waals surface area contributed by atoms with E-state index < -0.39 is 0 Å². The van der Waals surface area contributed by atoms with Gasteiger partial charge < -0.3 is 10.2 Å². The molecule has 0 spiro atoms. The lowest BCUT2D eigenvalue weighted by Gasteiger charge is -2.38. The summed E-state index contributed by atoms with van der Waals surface area (Å²) in [4.78, 5) is 34.7. The normalized spacial score (nSPS) is 25.9. The topological polar surface area (TPSA) is 89.3 Å². The lowest BCUT2D eigenvalue weighted by atomic mass is 9.90. The van der Waals surface area contributed by atoms with Crippen LogP contribution in [0.15, 0.2) is 30.5 Å². The summed E-state index contributed by atoms with van der Waals surface area (Å²) in [5.74, 6) is -0.228. The first-order valence-corrected chi connectivity index (χ1v) is 14.0. The minimum atomic E-state index is -0.0863. The Balaban J connectivity index is 1.32. The average Bonchev–Trinajstić information content (AvgIpc) is 3.37. The summed E-state index contributed by atoms with van der Waals surface area (Å²) in [6, 6.07) is 10.9. The molecule has 1 aromatic carbocycles. The van der Waals surface area contributed by atoms with Crippen LogP contribution in [0.5, 0.6) is 0 Å². The number of nitrogens with one attached hydrogen (secondary N) is 1. The van der Waals surface area contributed by atoms with Gasteiger partial charge in [-0.05, 0) is 69.4 Å². The Hall–Kier alpha value is -3.28. The molecule has 7 nitrogen and oxygen atoms in total. The van der Waals surface area contributed by atoms with Crippen molar-refractivity contribution in [2.45, 2.75) is 57.7 Å². The zero-order valence-electron chi connectivity index (χ0n) is 21.1. The monoisotopic (exact) mass is 511 g/mol. The lowest BCUT2D eigenvalue weighted by molar-refractivity contribution is -0.141. The second kappa shape index (κ2) is 8.11. The number of hydrogen-bond donors (Lipinski definition) is 1. The summed E-state index contributed by atoms with van der Waals surface area (Å²) >= 11 is 1.60. The largest absolute Gasteiger partial charge is 0.366 e. The highest BCUT2D eigenvalue weighted by atomic mass is 32.1. The fourth-order valence-electron chi connectivity index (χ4n) is 6.60. The minimum Gasteiger partial charge on any atom is -0.366 e. The minimum absolute atomic E-state index is 0.0276. The molecule has 0 bridgehead atoms. The van der Waals surface area contributed by atoms with Crippen LogP contribution in [0.4, 0.5) is 5.69 Å². The molecule has 3 unspecified atom stereocenters. The summed E-state index contributed by atoms with van der Waals surface area (Å²) in [6.45, 7) is 6.78. The molecule has 0 radical (unpaired) electrons. The molecule has 1 N–H and O–H groups in total. The fourth-order valence-corrected chi connectivity index (χ4v) is 7.73. The molecule has 2 aromatic heterocycles. The summed E-state index contributed by atoms with van der Waals surface area (Å²) < 4.78 is 1.04. The number of imide groups is 1. The number of anilines is 1. The van der Waals surface area contributed by atoms with Crippen molar-refractivity contribution in [3.8, 4) is 17.2 Å². The van der Waals surface area contributed by atoms with E-state index in [-0.39, 0.29) is 29.2 Å². The third-order valence-electron chi connectivity index (χ3n) is 8.48. The van der Waals surface area contributed by atoms with Gasteiger partial charge in [-0.1, -0.05) is 0 Å². The molecular weight excluding hydrogens is 482 g/mol. The van der Waals surface area contributed by atoms with Crippen LogP contribution in [0.2, 0.25) is 0 Å². The summed E-state index contributed by atoms with van der Waals surface area (Å²) in [5.41, 5.74) is 6.26. The van der Waals surface area contributed by atoms with Gasteiger partial charge >= 0.3 is 0 Å². The second-order valence-corrected chi connectivity index (χ2v) is 12.7. The van der Waals surface area contributed by atoms with Crippen molar-refractivity contribution in [3.63, 3.8) is 0 Å². The molecule has 3 aliphatic heterocycles.